The second-order valence-electron chi connectivity index (χ2n) is 8.28. The minimum Gasteiger partial charge on any atom is -0.420 e. The molecule has 2 aliphatic rings. The number of thiol groups is 1. The van der Waals surface area contributed by atoms with Gasteiger partial charge in [0.05, 0.1) is 11.9 Å². The number of nitrogens with zero attached hydrogens (tertiary/aromatic N) is 4. The Morgan fingerprint density at radius 3 is 2.56 bits per heavy atom. The highest BCUT2D eigenvalue weighted by Crippen LogP contribution is 2.31. The zero-order valence-electron chi connectivity index (χ0n) is 18.7. The second kappa shape index (κ2) is 10.1. The standard InChI is InChI=1S/C24H25ClN6O2S/c1-30-10-12-31(13-11-30)17-8-6-16(7-9-17)27-24-26-14-18(25)22(29-24)28-19-4-2-3-5-20(19)33-23(32)21-15-34-21/h2-9,14,21H,10-13,15H2,1H3,(H2,26,27,28,29)/p+1/t21-/m1/s1. The van der Waals surface area contributed by atoms with Crippen LogP contribution in [0, 0.1) is 0 Å². The Labute approximate surface area is 207 Å². The number of nitrogens with one attached hydrogen (secondary N) is 2. The lowest BCUT2D eigenvalue weighted by molar-refractivity contribution is -0.132. The molecule has 34 heavy (non-hydrogen) atoms. The number of para-hydroxylation sites is 2. The third-order valence-electron chi connectivity index (χ3n) is 5.72. The smallest absolute Gasteiger partial charge is 0.369 e. The maximum atomic E-state index is 12.1. The van der Waals surface area contributed by atoms with Crippen LogP contribution in [0.5, 0.6) is 5.75 Å². The molecule has 2 aromatic carbocycles. The lowest BCUT2D eigenvalue weighted by Crippen LogP contribution is -2.44. The molecule has 0 radical (unpaired) electrons. The zero-order chi connectivity index (χ0) is 23.5. The van der Waals surface area contributed by atoms with Gasteiger partial charge in [-0.05, 0) is 55.2 Å². The van der Waals surface area contributed by atoms with Crippen LogP contribution in [0.2, 0.25) is 5.02 Å². The fourth-order valence-corrected chi connectivity index (χ4v) is 4.22. The van der Waals surface area contributed by atoms with Gasteiger partial charge in [-0.2, -0.15) is 4.98 Å². The average Bonchev–Trinajstić information content (AvgIpc) is 3.69. The summed E-state index contributed by atoms with van der Waals surface area (Å²) in [7, 11) is 2.15. The molecule has 3 heterocycles. The third-order valence-corrected chi connectivity index (χ3v) is 6.94. The quantitative estimate of drug-likeness (QED) is 0.169. The summed E-state index contributed by atoms with van der Waals surface area (Å²) in [6, 6.07) is 15.5. The number of carbonyl (C=O) groups is 1. The highest BCUT2D eigenvalue weighted by Gasteiger charge is 2.44. The molecular formula is C24H26ClN6O2S+. The van der Waals surface area contributed by atoms with E-state index in [0.717, 1.165) is 49.4 Å². The van der Waals surface area contributed by atoms with Crippen LogP contribution in [-0.2, 0) is 16.6 Å². The number of hydrogen-bond donors (Lipinski definition) is 2. The van der Waals surface area contributed by atoms with Crippen molar-refractivity contribution >= 4 is 58.2 Å². The predicted molar refractivity (Wildman–Crippen MR) is 139 cm³/mol. The van der Waals surface area contributed by atoms with Crippen LogP contribution < -0.4 is 20.3 Å². The van der Waals surface area contributed by atoms with Gasteiger partial charge in [0.15, 0.2) is 17.3 Å². The Balaban J connectivity index is 1.28. The van der Waals surface area contributed by atoms with Crippen LogP contribution in [-0.4, -0.2) is 65.1 Å². The molecule has 0 spiro atoms. The van der Waals surface area contributed by atoms with E-state index < -0.39 is 0 Å². The van der Waals surface area contributed by atoms with Gasteiger partial charge in [0, 0.05) is 37.6 Å². The van der Waals surface area contributed by atoms with Gasteiger partial charge in [-0.1, -0.05) is 23.7 Å². The number of carbonyl (C=O) groups excluding carboxylic acids is 1. The maximum absolute atomic E-state index is 12.1. The molecule has 5 rings (SSSR count). The Morgan fingerprint density at radius 2 is 1.82 bits per heavy atom. The number of likely N-dealkylation sites (N-methyl/N-ethyl adjacent to an activating group) is 1. The van der Waals surface area contributed by atoms with E-state index in [4.69, 9.17) is 16.3 Å². The second-order valence-corrected chi connectivity index (χ2v) is 10.0. The van der Waals surface area contributed by atoms with E-state index in [1.165, 1.54) is 11.9 Å². The number of aromatic nitrogens is 2. The first-order chi connectivity index (χ1) is 16.5. The van der Waals surface area contributed by atoms with Crippen molar-refractivity contribution in [2.24, 2.45) is 0 Å². The summed E-state index contributed by atoms with van der Waals surface area (Å²) in [5, 5.41) is 6.74. The summed E-state index contributed by atoms with van der Waals surface area (Å²) in [6.45, 7) is 4.18. The van der Waals surface area contributed by atoms with Crippen LogP contribution in [0.4, 0.5) is 28.8 Å². The molecule has 0 amide bonds. The van der Waals surface area contributed by atoms with E-state index in [0.29, 0.717) is 28.2 Å². The predicted octanol–water partition coefficient (Wildman–Crippen LogP) is 3.47. The van der Waals surface area contributed by atoms with Gasteiger partial charge in [-0.25, -0.2) is 9.78 Å². The van der Waals surface area contributed by atoms with Crippen molar-refractivity contribution in [1.82, 2.24) is 14.9 Å². The highest BCUT2D eigenvalue weighted by atomic mass is 35.5. The normalized spacial score (nSPS) is 17.8. The van der Waals surface area contributed by atoms with Crippen LogP contribution in [0.3, 0.4) is 0 Å². The van der Waals surface area contributed by atoms with Crippen LogP contribution in [0.25, 0.3) is 0 Å². The van der Waals surface area contributed by atoms with Gasteiger partial charge in [0.1, 0.15) is 5.02 Å². The Morgan fingerprint density at radius 1 is 1.09 bits per heavy atom. The van der Waals surface area contributed by atoms with Gasteiger partial charge in [0.2, 0.25) is 5.95 Å². The van der Waals surface area contributed by atoms with E-state index in [-0.39, 0.29) is 11.2 Å². The summed E-state index contributed by atoms with van der Waals surface area (Å²) in [5.41, 5.74) is 2.69. The van der Waals surface area contributed by atoms with E-state index in [9.17, 15) is 4.79 Å². The molecule has 0 saturated carbocycles. The van der Waals surface area contributed by atoms with Crippen molar-refractivity contribution in [3.05, 3.63) is 59.8 Å². The van der Waals surface area contributed by atoms with Crippen molar-refractivity contribution in [2.75, 3.05) is 54.5 Å². The van der Waals surface area contributed by atoms with E-state index in [1.54, 1.807) is 6.07 Å². The minimum atomic E-state index is -0.216. The zero-order valence-corrected chi connectivity index (χ0v) is 20.4. The molecule has 2 N–H and O–H groups in total. The van der Waals surface area contributed by atoms with Gasteiger partial charge in [-0.15, -0.1) is 0 Å². The van der Waals surface area contributed by atoms with Gasteiger partial charge >= 0.3 is 5.97 Å². The molecule has 0 bridgehead atoms. The number of anilines is 5. The maximum Gasteiger partial charge on any atom is 0.369 e. The third kappa shape index (κ3) is 5.55. The molecule has 2 fully saturated rings. The lowest BCUT2D eigenvalue weighted by Gasteiger charge is -2.34. The summed E-state index contributed by atoms with van der Waals surface area (Å²) < 4.78 is 5.56. The number of hydrogen-bond acceptors (Lipinski definition) is 8. The minimum absolute atomic E-state index is 0.0193. The molecule has 8 nitrogen and oxygen atoms in total. The van der Waals surface area contributed by atoms with Crippen molar-refractivity contribution in [2.45, 2.75) is 5.25 Å². The highest BCUT2D eigenvalue weighted by molar-refractivity contribution is 7.87. The van der Waals surface area contributed by atoms with Crippen molar-refractivity contribution in [3.8, 4) is 5.75 Å². The SMILES string of the molecule is CN1CCN(c2ccc(Nc3ncc(Cl)c(Nc4ccccc4OC(=O)[C@H]4C[SH+]4)n3)cc2)CC1. The van der Waals surface area contributed by atoms with Crippen molar-refractivity contribution in [1.29, 1.82) is 0 Å². The first kappa shape index (κ1) is 22.8. The van der Waals surface area contributed by atoms with E-state index >= 15 is 0 Å². The molecule has 3 aromatic rings. The number of piperazine rings is 1. The van der Waals surface area contributed by atoms with Gasteiger partial charge in [-0.3, -0.25) is 0 Å². The van der Waals surface area contributed by atoms with Crippen molar-refractivity contribution < 1.29 is 9.53 Å². The summed E-state index contributed by atoms with van der Waals surface area (Å²) in [6.07, 6.45) is 1.54. The number of halogens is 1. The average molecular weight is 498 g/mol. The Hall–Kier alpha value is -3.01. The molecule has 2 aliphatic heterocycles. The lowest BCUT2D eigenvalue weighted by atomic mass is 10.2. The summed E-state index contributed by atoms with van der Waals surface area (Å²) in [4.78, 5) is 25.7. The fraction of sp³-hybridized carbons (Fsp3) is 0.292. The van der Waals surface area contributed by atoms with Gasteiger partial charge in [0.25, 0.3) is 5.25 Å². The first-order valence-corrected chi connectivity index (χ1v) is 12.7. The molecule has 0 unspecified atom stereocenters. The van der Waals surface area contributed by atoms with Crippen LogP contribution in [0.15, 0.2) is 54.7 Å². The van der Waals surface area contributed by atoms with E-state index in [1.807, 2.05) is 30.3 Å². The van der Waals surface area contributed by atoms with Gasteiger partial charge < -0.3 is 25.2 Å². The molecular weight excluding hydrogens is 472 g/mol. The number of rotatable bonds is 7. The number of benzene rings is 2. The largest absolute Gasteiger partial charge is 0.420 e. The molecule has 1 aromatic heterocycles. The summed E-state index contributed by atoms with van der Waals surface area (Å²) >= 11 is 7.47. The Bertz CT molecular complexity index is 1170. The monoisotopic (exact) mass is 497 g/mol. The topological polar surface area (TPSA) is 82.6 Å². The number of ether oxygens (including phenoxy) is 1. The fourth-order valence-electron chi connectivity index (χ4n) is 3.63. The molecule has 0 aliphatic carbocycles. The molecule has 176 valence electrons. The van der Waals surface area contributed by atoms with Crippen LogP contribution in [0.1, 0.15) is 0 Å². The summed E-state index contributed by atoms with van der Waals surface area (Å²) in [5.74, 6) is 1.91. The number of esters is 1. The molecule has 10 heteroatoms. The molecule has 1 atom stereocenters. The van der Waals surface area contributed by atoms with E-state index in [2.05, 4.69) is 49.6 Å². The van der Waals surface area contributed by atoms with Crippen LogP contribution >= 0.6 is 11.6 Å². The first-order valence-electron chi connectivity index (χ1n) is 11.1. The molecule has 2 saturated heterocycles. The van der Waals surface area contributed by atoms with Crippen molar-refractivity contribution in [3.63, 3.8) is 0 Å². The Kier molecular flexibility index (Phi) is 6.75.